The van der Waals surface area contributed by atoms with Crippen LogP contribution in [0.4, 0.5) is 0 Å². The van der Waals surface area contributed by atoms with E-state index < -0.39 is 6.10 Å². The van der Waals surface area contributed by atoms with Crippen LogP contribution in [0.15, 0.2) is 18.5 Å². The Morgan fingerprint density at radius 3 is 2.84 bits per heavy atom. The van der Waals surface area contributed by atoms with Crippen LogP contribution in [-0.4, -0.2) is 63.5 Å². The quantitative estimate of drug-likeness (QED) is 0.812. The lowest BCUT2D eigenvalue weighted by Crippen LogP contribution is -2.44. The maximum atomic E-state index is 12.7. The van der Waals surface area contributed by atoms with Crippen molar-refractivity contribution in [2.24, 2.45) is 0 Å². The number of nitrogens with zero attached hydrogens (tertiary/aromatic N) is 3. The fraction of sp³-hybridized carbons (Fsp3) is 0.500. The molecule has 0 aromatic carbocycles. The lowest BCUT2D eigenvalue weighted by Gasteiger charge is -2.17. The van der Waals surface area contributed by atoms with Crippen LogP contribution in [0.2, 0.25) is 0 Å². The van der Waals surface area contributed by atoms with E-state index >= 15 is 0 Å². The molecular weight excluding hydrogens is 344 g/mol. The largest absolute Gasteiger partial charge is 0.388 e. The molecule has 0 aliphatic carbocycles. The second-order valence-electron chi connectivity index (χ2n) is 5.96. The number of carbonyl (C=O) groups excluding carboxylic acids is 1. The SMILES string of the molecule is CCc1nc(-c2ncccn2)sc1C(=O)N[C@@H]1CO[C@H]2[C@@H]1OC[C@H]2O. The number of aromatic nitrogens is 3. The van der Waals surface area contributed by atoms with Crippen molar-refractivity contribution in [2.75, 3.05) is 13.2 Å². The molecule has 0 spiro atoms. The molecule has 2 N–H and O–H groups in total. The zero-order valence-electron chi connectivity index (χ0n) is 13.6. The Morgan fingerprint density at radius 1 is 1.32 bits per heavy atom. The normalized spacial score (nSPS) is 28.1. The third kappa shape index (κ3) is 3.04. The van der Waals surface area contributed by atoms with Gasteiger partial charge in [0.25, 0.3) is 5.91 Å². The summed E-state index contributed by atoms with van der Waals surface area (Å²) in [5.74, 6) is 0.295. The van der Waals surface area contributed by atoms with Gasteiger partial charge < -0.3 is 19.9 Å². The molecule has 2 aromatic heterocycles. The Kier molecular flexibility index (Phi) is 4.46. The van der Waals surface area contributed by atoms with Gasteiger partial charge in [0.1, 0.15) is 23.2 Å². The predicted octanol–water partition coefficient (Wildman–Crippen LogP) is 0.419. The third-order valence-corrected chi connectivity index (χ3v) is 5.43. The van der Waals surface area contributed by atoms with Gasteiger partial charge in [0.15, 0.2) is 10.8 Å². The average Bonchev–Trinajstić information content (AvgIpc) is 3.33. The van der Waals surface area contributed by atoms with E-state index in [1.54, 1.807) is 18.5 Å². The Hall–Kier alpha value is -1.94. The number of fused-ring (bicyclic) bond motifs is 1. The highest BCUT2D eigenvalue weighted by molar-refractivity contribution is 7.17. The minimum Gasteiger partial charge on any atom is -0.388 e. The molecule has 0 unspecified atom stereocenters. The van der Waals surface area contributed by atoms with E-state index in [4.69, 9.17) is 9.47 Å². The van der Waals surface area contributed by atoms with Gasteiger partial charge in [-0.3, -0.25) is 4.79 Å². The number of hydrogen-bond acceptors (Lipinski definition) is 8. The summed E-state index contributed by atoms with van der Waals surface area (Å²) in [4.78, 5) is 26.2. The van der Waals surface area contributed by atoms with Crippen LogP contribution >= 0.6 is 11.3 Å². The van der Waals surface area contributed by atoms with Crippen molar-refractivity contribution in [3.63, 3.8) is 0 Å². The van der Waals surface area contributed by atoms with Crippen molar-refractivity contribution in [3.8, 4) is 10.8 Å². The summed E-state index contributed by atoms with van der Waals surface area (Å²) < 4.78 is 11.1. The van der Waals surface area contributed by atoms with Crippen molar-refractivity contribution < 1.29 is 19.4 Å². The fourth-order valence-corrected chi connectivity index (χ4v) is 4.12. The van der Waals surface area contributed by atoms with Crippen LogP contribution in [0.1, 0.15) is 22.3 Å². The number of ether oxygens (including phenoxy) is 2. The molecule has 8 nitrogen and oxygen atoms in total. The Balaban J connectivity index is 1.53. The molecule has 2 aliphatic rings. The molecule has 1 amide bonds. The number of aliphatic hydroxyl groups is 1. The highest BCUT2D eigenvalue weighted by Crippen LogP contribution is 2.29. The van der Waals surface area contributed by atoms with Gasteiger partial charge in [-0.15, -0.1) is 11.3 Å². The number of amides is 1. The number of thiazole rings is 1. The highest BCUT2D eigenvalue weighted by Gasteiger charge is 2.47. The van der Waals surface area contributed by atoms with Gasteiger partial charge in [0.2, 0.25) is 0 Å². The molecule has 0 saturated carbocycles. The van der Waals surface area contributed by atoms with Gasteiger partial charge in [0.05, 0.1) is 24.9 Å². The summed E-state index contributed by atoms with van der Waals surface area (Å²) in [6, 6.07) is 1.45. The lowest BCUT2D eigenvalue weighted by molar-refractivity contribution is 0.0178. The predicted molar refractivity (Wildman–Crippen MR) is 89.3 cm³/mol. The zero-order chi connectivity index (χ0) is 17.4. The van der Waals surface area contributed by atoms with Crippen molar-refractivity contribution in [1.82, 2.24) is 20.3 Å². The van der Waals surface area contributed by atoms with Gasteiger partial charge in [-0.2, -0.15) is 0 Å². The molecule has 2 fully saturated rings. The molecule has 4 atom stereocenters. The van der Waals surface area contributed by atoms with Crippen molar-refractivity contribution >= 4 is 17.2 Å². The van der Waals surface area contributed by atoms with Gasteiger partial charge in [-0.05, 0) is 12.5 Å². The van der Waals surface area contributed by atoms with Crippen LogP contribution in [0.25, 0.3) is 10.8 Å². The van der Waals surface area contributed by atoms with Crippen molar-refractivity contribution in [3.05, 3.63) is 29.0 Å². The monoisotopic (exact) mass is 362 g/mol. The summed E-state index contributed by atoms with van der Waals surface area (Å²) in [5, 5.41) is 13.4. The molecule has 0 bridgehead atoms. The number of hydrogen-bond donors (Lipinski definition) is 2. The minimum absolute atomic E-state index is 0.212. The van der Waals surface area contributed by atoms with Crippen LogP contribution < -0.4 is 5.32 Å². The maximum Gasteiger partial charge on any atom is 0.263 e. The number of nitrogens with one attached hydrogen (secondary N) is 1. The third-order valence-electron chi connectivity index (χ3n) is 4.34. The topological polar surface area (TPSA) is 106 Å². The molecule has 132 valence electrons. The average molecular weight is 362 g/mol. The Morgan fingerprint density at radius 2 is 2.08 bits per heavy atom. The summed E-state index contributed by atoms with van der Waals surface area (Å²) in [5.41, 5.74) is 0.716. The van der Waals surface area contributed by atoms with Gasteiger partial charge in [-0.1, -0.05) is 6.92 Å². The second kappa shape index (κ2) is 6.75. The molecule has 0 radical (unpaired) electrons. The minimum atomic E-state index is -0.636. The van der Waals surface area contributed by atoms with E-state index in [0.717, 1.165) is 0 Å². The standard InChI is InChI=1S/C16H18N4O4S/c1-2-8-13(25-16(20-8)14-17-4-3-5-18-14)15(22)19-9-6-23-12-10(21)7-24-11(9)12/h3-5,9-12,21H,2,6-7H2,1H3,(H,19,22)/t9-,10-,11-,12-/m1/s1. The molecule has 4 rings (SSSR count). The molecule has 2 aromatic rings. The van der Waals surface area contributed by atoms with E-state index in [2.05, 4.69) is 20.3 Å². The van der Waals surface area contributed by atoms with Gasteiger partial charge in [0, 0.05) is 12.4 Å². The van der Waals surface area contributed by atoms with Crippen LogP contribution in [0.5, 0.6) is 0 Å². The van der Waals surface area contributed by atoms with Crippen LogP contribution in [0, 0.1) is 0 Å². The van der Waals surface area contributed by atoms with Crippen molar-refractivity contribution in [1.29, 1.82) is 0 Å². The van der Waals surface area contributed by atoms with E-state index in [0.29, 0.717) is 34.4 Å². The molecule has 9 heteroatoms. The van der Waals surface area contributed by atoms with E-state index in [1.807, 2.05) is 6.92 Å². The second-order valence-corrected chi connectivity index (χ2v) is 6.96. The molecule has 2 saturated heterocycles. The Bertz CT molecular complexity index is 769. The first kappa shape index (κ1) is 16.5. The fourth-order valence-electron chi connectivity index (χ4n) is 3.11. The summed E-state index contributed by atoms with van der Waals surface area (Å²) in [6.45, 7) is 2.51. The first-order valence-electron chi connectivity index (χ1n) is 8.16. The van der Waals surface area contributed by atoms with E-state index in [-0.39, 0.29) is 30.8 Å². The highest BCUT2D eigenvalue weighted by atomic mass is 32.1. The van der Waals surface area contributed by atoms with Crippen LogP contribution in [-0.2, 0) is 15.9 Å². The number of aryl methyl sites for hydroxylation is 1. The number of aliphatic hydroxyl groups excluding tert-OH is 1. The van der Waals surface area contributed by atoms with E-state index in [9.17, 15) is 9.90 Å². The number of rotatable bonds is 4. The Labute approximate surface area is 148 Å². The molecular formula is C16H18N4O4S. The zero-order valence-corrected chi connectivity index (χ0v) is 14.4. The lowest BCUT2D eigenvalue weighted by atomic mass is 10.1. The first-order valence-corrected chi connectivity index (χ1v) is 8.98. The summed E-state index contributed by atoms with van der Waals surface area (Å²) >= 11 is 1.28. The maximum absolute atomic E-state index is 12.7. The van der Waals surface area contributed by atoms with Crippen LogP contribution in [0.3, 0.4) is 0 Å². The molecule has 25 heavy (non-hydrogen) atoms. The molecule has 4 heterocycles. The first-order chi connectivity index (χ1) is 12.2. The molecule has 2 aliphatic heterocycles. The van der Waals surface area contributed by atoms with Gasteiger partial charge >= 0.3 is 0 Å². The smallest absolute Gasteiger partial charge is 0.263 e. The van der Waals surface area contributed by atoms with E-state index in [1.165, 1.54) is 11.3 Å². The number of carbonyl (C=O) groups is 1. The van der Waals surface area contributed by atoms with Gasteiger partial charge in [-0.25, -0.2) is 15.0 Å². The summed E-state index contributed by atoms with van der Waals surface area (Å²) in [7, 11) is 0. The van der Waals surface area contributed by atoms with Crippen molar-refractivity contribution in [2.45, 2.75) is 37.7 Å². The summed E-state index contributed by atoms with van der Waals surface area (Å²) in [6.07, 6.45) is 2.61.